The first-order valence-corrected chi connectivity index (χ1v) is 6.86. The third-order valence-electron chi connectivity index (χ3n) is 2.88. The predicted octanol–water partition coefficient (Wildman–Crippen LogP) is 3.62. The molecule has 0 fully saturated rings. The van der Waals surface area contributed by atoms with Gasteiger partial charge in [-0.15, -0.1) is 0 Å². The van der Waals surface area contributed by atoms with E-state index in [9.17, 15) is 14.9 Å². The van der Waals surface area contributed by atoms with Crippen LogP contribution >= 0.6 is 15.9 Å². The minimum atomic E-state index is -0.575. The molecule has 2 rings (SSSR count). The van der Waals surface area contributed by atoms with E-state index in [2.05, 4.69) is 26.2 Å². The second-order valence-corrected chi connectivity index (χ2v) is 5.40. The summed E-state index contributed by atoms with van der Waals surface area (Å²) in [6, 6.07) is 6.09. The van der Waals surface area contributed by atoms with Gasteiger partial charge in [0, 0.05) is 16.7 Å². The Morgan fingerprint density at radius 1 is 1.33 bits per heavy atom. The van der Waals surface area contributed by atoms with Gasteiger partial charge in [0.15, 0.2) is 0 Å². The molecule has 1 aromatic carbocycles. The van der Waals surface area contributed by atoms with Crippen LogP contribution in [0.5, 0.6) is 0 Å². The van der Waals surface area contributed by atoms with E-state index in [1.54, 1.807) is 25.3 Å². The quantitative estimate of drug-likeness (QED) is 0.677. The Kier molecular flexibility index (Phi) is 4.32. The lowest BCUT2D eigenvalue weighted by Gasteiger charge is -2.07. The maximum Gasteiger partial charge on any atom is 0.282 e. The summed E-state index contributed by atoms with van der Waals surface area (Å²) < 4.78 is 0.821. The van der Waals surface area contributed by atoms with E-state index in [1.807, 2.05) is 6.92 Å². The summed E-state index contributed by atoms with van der Waals surface area (Å²) in [4.78, 5) is 26.7. The van der Waals surface area contributed by atoms with E-state index in [0.29, 0.717) is 5.82 Å². The van der Waals surface area contributed by atoms with Crippen molar-refractivity contribution in [2.24, 2.45) is 0 Å². The van der Waals surface area contributed by atoms with Crippen LogP contribution in [0.1, 0.15) is 21.5 Å². The number of rotatable bonds is 3. The van der Waals surface area contributed by atoms with Crippen LogP contribution in [0.2, 0.25) is 0 Å². The van der Waals surface area contributed by atoms with Crippen LogP contribution in [-0.4, -0.2) is 15.8 Å². The Morgan fingerprint density at radius 3 is 2.67 bits per heavy atom. The molecular weight excluding hydrogens is 338 g/mol. The maximum absolute atomic E-state index is 12.2. The molecule has 0 bridgehead atoms. The summed E-state index contributed by atoms with van der Waals surface area (Å²) in [7, 11) is 0. The Morgan fingerprint density at radius 2 is 2.05 bits per heavy atom. The number of nitrogens with one attached hydrogen (secondary N) is 1. The second-order valence-electron chi connectivity index (χ2n) is 4.55. The van der Waals surface area contributed by atoms with Crippen LogP contribution < -0.4 is 5.32 Å². The Labute approximate surface area is 129 Å². The molecule has 0 spiro atoms. The summed E-state index contributed by atoms with van der Waals surface area (Å²) in [6.07, 6.45) is 1.57. The average molecular weight is 350 g/mol. The molecule has 1 amide bonds. The number of aromatic nitrogens is 1. The Hall–Kier alpha value is -2.28. The second kappa shape index (κ2) is 6.01. The number of nitrogens with zero attached hydrogens (tertiary/aromatic N) is 2. The monoisotopic (exact) mass is 349 g/mol. The molecule has 1 N–H and O–H groups in total. The van der Waals surface area contributed by atoms with E-state index in [1.165, 1.54) is 12.1 Å². The van der Waals surface area contributed by atoms with Crippen LogP contribution in [0.25, 0.3) is 0 Å². The van der Waals surface area contributed by atoms with Crippen molar-refractivity contribution in [3.05, 3.63) is 61.7 Å². The Balaban J connectivity index is 2.34. The lowest BCUT2D eigenvalue weighted by atomic mass is 10.1. The molecule has 0 unspecified atom stereocenters. The molecule has 21 heavy (non-hydrogen) atoms. The van der Waals surface area contributed by atoms with E-state index >= 15 is 0 Å². The molecule has 0 aliphatic rings. The van der Waals surface area contributed by atoms with Crippen molar-refractivity contribution in [1.82, 2.24) is 4.98 Å². The van der Waals surface area contributed by atoms with Crippen LogP contribution in [0, 0.1) is 24.0 Å². The first-order chi connectivity index (χ1) is 9.88. The van der Waals surface area contributed by atoms with Crippen molar-refractivity contribution in [1.29, 1.82) is 0 Å². The van der Waals surface area contributed by atoms with Gasteiger partial charge >= 0.3 is 0 Å². The summed E-state index contributed by atoms with van der Waals surface area (Å²) >= 11 is 3.32. The molecule has 6 nitrogen and oxygen atoms in total. The number of amides is 1. The fourth-order valence-corrected chi connectivity index (χ4v) is 2.00. The number of hydrogen-bond acceptors (Lipinski definition) is 4. The molecule has 7 heteroatoms. The summed E-state index contributed by atoms with van der Waals surface area (Å²) in [5.74, 6) is -0.212. The molecule has 0 aliphatic heterocycles. The third-order valence-corrected chi connectivity index (χ3v) is 3.71. The number of aryl methyl sites for hydroxylation is 2. The van der Waals surface area contributed by atoms with Gasteiger partial charge in [-0.2, -0.15) is 0 Å². The zero-order valence-corrected chi connectivity index (χ0v) is 13.0. The average Bonchev–Trinajstić information content (AvgIpc) is 2.42. The number of pyridine rings is 1. The predicted molar refractivity (Wildman–Crippen MR) is 82.5 cm³/mol. The molecular formula is C14H12BrN3O3. The van der Waals surface area contributed by atoms with Crippen molar-refractivity contribution < 1.29 is 9.72 Å². The van der Waals surface area contributed by atoms with Crippen molar-refractivity contribution in [3.8, 4) is 0 Å². The molecule has 108 valence electrons. The van der Waals surface area contributed by atoms with Crippen molar-refractivity contribution in [3.63, 3.8) is 0 Å². The van der Waals surface area contributed by atoms with E-state index < -0.39 is 10.8 Å². The highest BCUT2D eigenvalue weighted by molar-refractivity contribution is 9.10. The molecule has 0 saturated heterocycles. The zero-order chi connectivity index (χ0) is 15.6. The number of benzene rings is 1. The van der Waals surface area contributed by atoms with Gasteiger partial charge in [-0.05, 0) is 53.0 Å². The summed E-state index contributed by atoms with van der Waals surface area (Å²) in [6.45, 7) is 3.62. The SMILES string of the molecule is Cc1ccc([N+](=O)[O-])c(C(=O)Nc2cc(C)c(Br)cn2)c1. The minimum absolute atomic E-state index is 0.0161. The van der Waals surface area contributed by atoms with Gasteiger partial charge in [0.2, 0.25) is 0 Å². The molecule has 2 aromatic rings. The van der Waals surface area contributed by atoms with Crippen molar-refractivity contribution in [2.45, 2.75) is 13.8 Å². The standard InChI is InChI=1S/C14H12BrN3O3/c1-8-3-4-12(18(20)21)10(5-8)14(19)17-13-6-9(2)11(15)7-16-13/h3-7H,1-2H3,(H,16,17,19). The summed E-state index contributed by atoms with van der Waals surface area (Å²) in [5.41, 5.74) is 1.46. The van der Waals surface area contributed by atoms with Crippen LogP contribution in [0.4, 0.5) is 11.5 Å². The molecule has 0 saturated carbocycles. The van der Waals surface area contributed by atoms with Crippen molar-refractivity contribution in [2.75, 3.05) is 5.32 Å². The van der Waals surface area contributed by atoms with Crippen LogP contribution in [0.15, 0.2) is 34.9 Å². The smallest absolute Gasteiger partial charge is 0.282 e. The fraction of sp³-hybridized carbons (Fsp3) is 0.143. The van der Waals surface area contributed by atoms with E-state index in [0.717, 1.165) is 15.6 Å². The molecule has 0 aliphatic carbocycles. The van der Waals surface area contributed by atoms with Gasteiger partial charge in [-0.25, -0.2) is 4.98 Å². The molecule has 0 radical (unpaired) electrons. The highest BCUT2D eigenvalue weighted by Crippen LogP contribution is 2.22. The summed E-state index contributed by atoms with van der Waals surface area (Å²) in [5, 5.41) is 13.6. The number of nitro groups is 1. The molecule has 1 aromatic heterocycles. The van der Waals surface area contributed by atoms with Gasteiger partial charge in [-0.1, -0.05) is 6.07 Å². The number of carbonyl (C=O) groups excluding carboxylic acids is 1. The first-order valence-electron chi connectivity index (χ1n) is 6.07. The fourth-order valence-electron chi connectivity index (χ4n) is 1.78. The minimum Gasteiger partial charge on any atom is -0.306 e. The third kappa shape index (κ3) is 3.43. The topological polar surface area (TPSA) is 85.1 Å². The van der Waals surface area contributed by atoms with Crippen LogP contribution in [0.3, 0.4) is 0 Å². The van der Waals surface area contributed by atoms with Gasteiger partial charge in [0.05, 0.1) is 4.92 Å². The van der Waals surface area contributed by atoms with Gasteiger partial charge in [0.25, 0.3) is 11.6 Å². The zero-order valence-electron chi connectivity index (χ0n) is 11.4. The lowest BCUT2D eigenvalue weighted by molar-refractivity contribution is -0.385. The number of nitro benzene ring substituents is 1. The first kappa shape index (κ1) is 15.1. The number of halogens is 1. The van der Waals surface area contributed by atoms with Gasteiger partial charge < -0.3 is 5.32 Å². The maximum atomic E-state index is 12.2. The number of anilines is 1. The van der Waals surface area contributed by atoms with Crippen molar-refractivity contribution >= 4 is 33.3 Å². The molecule has 1 heterocycles. The normalized spacial score (nSPS) is 10.2. The number of carbonyl (C=O) groups is 1. The van der Waals surface area contributed by atoms with E-state index in [-0.39, 0.29) is 11.3 Å². The van der Waals surface area contributed by atoms with E-state index in [4.69, 9.17) is 0 Å². The largest absolute Gasteiger partial charge is 0.306 e. The highest BCUT2D eigenvalue weighted by atomic mass is 79.9. The lowest BCUT2D eigenvalue weighted by Crippen LogP contribution is -2.15. The Bertz CT molecular complexity index is 731. The number of hydrogen-bond donors (Lipinski definition) is 1. The highest BCUT2D eigenvalue weighted by Gasteiger charge is 2.20. The van der Waals surface area contributed by atoms with Gasteiger partial charge in [0.1, 0.15) is 11.4 Å². The molecule has 0 atom stereocenters. The van der Waals surface area contributed by atoms with Gasteiger partial charge in [-0.3, -0.25) is 14.9 Å². The van der Waals surface area contributed by atoms with Crippen LogP contribution in [-0.2, 0) is 0 Å².